The van der Waals surface area contributed by atoms with Crippen LogP contribution in [-0.2, 0) is 23.9 Å². The van der Waals surface area contributed by atoms with Crippen LogP contribution in [0.5, 0.6) is 0 Å². The molecule has 0 atom stereocenters. The van der Waals surface area contributed by atoms with E-state index in [1.54, 1.807) is 0 Å². The predicted octanol–water partition coefficient (Wildman–Crippen LogP) is 0.430. The van der Waals surface area contributed by atoms with Crippen LogP contribution >= 0.6 is 0 Å². The van der Waals surface area contributed by atoms with Gasteiger partial charge in [-0.15, -0.1) is 0 Å². The quantitative estimate of drug-likeness (QED) is 0.558. The highest BCUT2D eigenvalue weighted by atomic mass is 16.5. The summed E-state index contributed by atoms with van der Waals surface area (Å²) in [6.07, 6.45) is 1.80. The standard InChI is InChI=1S/C13H15NO6/c1-8(15)19-4-2-9-6-12(17)10(7-11(9)16)3-5-20-13(14)18/h6-7H,2-5H2,1H3,(H2,14,18). The second-order valence-corrected chi connectivity index (χ2v) is 4.08. The summed E-state index contributed by atoms with van der Waals surface area (Å²) >= 11 is 0. The molecule has 0 aromatic heterocycles. The molecule has 0 aliphatic heterocycles. The third kappa shape index (κ3) is 5.05. The molecule has 7 heteroatoms. The summed E-state index contributed by atoms with van der Waals surface area (Å²) in [7, 11) is 0. The fourth-order valence-electron chi connectivity index (χ4n) is 1.60. The van der Waals surface area contributed by atoms with Gasteiger partial charge in [-0.05, 0) is 12.2 Å². The van der Waals surface area contributed by atoms with E-state index >= 15 is 0 Å². The van der Waals surface area contributed by atoms with E-state index in [1.807, 2.05) is 0 Å². The molecule has 0 saturated carbocycles. The van der Waals surface area contributed by atoms with Crippen molar-refractivity contribution in [2.24, 2.45) is 5.73 Å². The van der Waals surface area contributed by atoms with Crippen molar-refractivity contribution < 1.29 is 28.7 Å². The van der Waals surface area contributed by atoms with E-state index in [-0.39, 0.29) is 48.8 Å². The van der Waals surface area contributed by atoms with E-state index in [2.05, 4.69) is 4.74 Å². The van der Waals surface area contributed by atoms with Gasteiger partial charge in [-0.25, -0.2) is 4.79 Å². The molecule has 20 heavy (non-hydrogen) atoms. The van der Waals surface area contributed by atoms with Crippen molar-refractivity contribution in [2.45, 2.75) is 19.8 Å². The van der Waals surface area contributed by atoms with Gasteiger partial charge < -0.3 is 15.2 Å². The summed E-state index contributed by atoms with van der Waals surface area (Å²) in [5.41, 5.74) is 5.33. The Balaban J connectivity index is 2.53. The monoisotopic (exact) mass is 281 g/mol. The second kappa shape index (κ2) is 7.22. The molecule has 0 spiro atoms. The molecule has 1 aliphatic carbocycles. The van der Waals surface area contributed by atoms with Crippen molar-refractivity contribution >= 4 is 23.6 Å². The first kappa shape index (κ1) is 15.6. The zero-order valence-electron chi connectivity index (χ0n) is 11.0. The first-order chi connectivity index (χ1) is 9.40. The summed E-state index contributed by atoms with van der Waals surface area (Å²) in [6, 6.07) is 0. The summed E-state index contributed by atoms with van der Waals surface area (Å²) < 4.78 is 9.21. The molecule has 0 aromatic carbocycles. The Kier molecular flexibility index (Phi) is 5.64. The molecule has 0 unspecified atom stereocenters. The Hall–Kier alpha value is -2.44. The average Bonchev–Trinajstić information content (AvgIpc) is 2.33. The van der Waals surface area contributed by atoms with Gasteiger partial charge in [-0.2, -0.15) is 0 Å². The number of esters is 1. The SMILES string of the molecule is CC(=O)OCCC1=CC(=O)C(CCOC(N)=O)=CC1=O. The van der Waals surface area contributed by atoms with Crippen molar-refractivity contribution in [3.8, 4) is 0 Å². The molecule has 1 rings (SSSR count). The number of ether oxygens (including phenoxy) is 2. The molecule has 7 nitrogen and oxygen atoms in total. The lowest BCUT2D eigenvalue weighted by atomic mass is 9.94. The van der Waals surface area contributed by atoms with Gasteiger partial charge in [0.15, 0.2) is 11.6 Å². The minimum Gasteiger partial charge on any atom is -0.466 e. The Morgan fingerprint density at radius 1 is 1.00 bits per heavy atom. The van der Waals surface area contributed by atoms with E-state index < -0.39 is 12.1 Å². The predicted molar refractivity (Wildman–Crippen MR) is 67.6 cm³/mol. The molecule has 2 N–H and O–H groups in total. The zero-order chi connectivity index (χ0) is 15.1. The highest BCUT2D eigenvalue weighted by molar-refractivity contribution is 6.19. The van der Waals surface area contributed by atoms with E-state index in [4.69, 9.17) is 10.5 Å². The number of carbonyl (C=O) groups excluding carboxylic acids is 4. The molecule has 0 radical (unpaired) electrons. The zero-order valence-corrected chi connectivity index (χ0v) is 11.0. The molecular weight excluding hydrogens is 266 g/mol. The Bertz CT molecular complexity index is 457. The topological polar surface area (TPSA) is 113 Å². The molecule has 1 aliphatic rings. The number of amides is 1. The molecule has 0 heterocycles. The highest BCUT2D eigenvalue weighted by Gasteiger charge is 2.20. The number of hydrogen-bond acceptors (Lipinski definition) is 6. The summed E-state index contributed by atoms with van der Waals surface area (Å²) in [6.45, 7) is 1.25. The summed E-state index contributed by atoms with van der Waals surface area (Å²) in [5.74, 6) is -1.08. The van der Waals surface area contributed by atoms with Crippen molar-refractivity contribution in [1.82, 2.24) is 0 Å². The third-order valence-corrected chi connectivity index (χ3v) is 2.54. The maximum Gasteiger partial charge on any atom is 0.404 e. The van der Waals surface area contributed by atoms with Gasteiger partial charge in [0, 0.05) is 30.9 Å². The van der Waals surface area contributed by atoms with Crippen LogP contribution in [-0.4, -0.2) is 36.8 Å². The van der Waals surface area contributed by atoms with Crippen LogP contribution in [0.4, 0.5) is 4.79 Å². The van der Waals surface area contributed by atoms with Crippen molar-refractivity contribution in [2.75, 3.05) is 13.2 Å². The molecular formula is C13H15NO6. The van der Waals surface area contributed by atoms with Crippen LogP contribution in [0, 0.1) is 0 Å². The largest absolute Gasteiger partial charge is 0.466 e. The molecule has 0 bridgehead atoms. The fourth-order valence-corrected chi connectivity index (χ4v) is 1.60. The lowest BCUT2D eigenvalue weighted by molar-refractivity contribution is -0.141. The van der Waals surface area contributed by atoms with Crippen molar-refractivity contribution in [1.29, 1.82) is 0 Å². The normalized spacial score (nSPS) is 14.4. The maximum atomic E-state index is 11.8. The fraction of sp³-hybridized carbons (Fsp3) is 0.385. The van der Waals surface area contributed by atoms with Gasteiger partial charge in [0.1, 0.15) is 0 Å². The Labute approximate surface area is 115 Å². The van der Waals surface area contributed by atoms with E-state index in [0.717, 1.165) is 0 Å². The Morgan fingerprint density at radius 3 is 1.85 bits per heavy atom. The summed E-state index contributed by atoms with van der Waals surface area (Å²) in [4.78, 5) is 44.5. The van der Waals surface area contributed by atoms with Gasteiger partial charge >= 0.3 is 12.1 Å². The van der Waals surface area contributed by atoms with E-state index in [1.165, 1.54) is 19.1 Å². The highest BCUT2D eigenvalue weighted by Crippen LogP contribution is 2.17. The van der Waals surface area contributed by atoms with Gasteiger partial charge in [-0.1, -0.05) is 0 Å². The Morgan fingerprint density at radius 2 is 1.45 bits per heavy atom. The lowest BCUT2D eigenvalue weighted by Crippen LogP contribution is -2.18. The van der Waals surface area contributed by atoms with Gasteiger partial charge in [0.25, 0.3) is 0 Å². The first-order valence-electron chi connectivity index (χ1n) is 5.95. The van der Waals surface area contributed by atoms with E-state index in [9.17, 15) is 19.2 Å². The maximum absolute atomic E-state index is 11.8. The smallest absolute Gasteiger partial charge is 0.404 e. The van der Waals surface area contributed by atoms with Crippen molar-refractivity contribution in [3.63, 3.8) is 0 Å². The number of ketones is 2. The number of allylic oxidation sites excluding steroid dienone is 2. The minimum atomic E-state index is -0.933. The summed E-state index contributed by atoms with van der Waals surface area (Å²) in [5, 5.41) is 0. The molecule has 1 amide bonds. The van der Waals surface area contributed by atoms with Crippen LogP contribution in [0.2, 0.25) is 0 Å². The molecule has 0 aromatic rings. The third-order valence-electron chi connectivity index (χ3n) is 2.54. The van der Waals surface area contributed by atoms with Gasteiger partial charge in [0.05, 0.1) is 13.2 Å². The van der Waals surface area contributed by atoms with Crippen LogP contribution < -0.4 is 5.73 Å². The average molecular weight is 281 g/mol. The first-order valence-corrected chi connectivity index (χ1v) is 5.95. The molecule has 0 saturated heterocycles. The number of hydrogen-bond donors (Lipinski definition) is 1. The molecule has 0 fully saturated rings. The minimum absolute atomic E-state index is 0.0497. The number of carbonyl (C=O) groups is 4. The van der Waals surface area contributed by atoms with Crippen LogP contribution in [0.3, 0.4) is 0 Å². The second-order valence-electron chi connectivity index (χ2n) is 4.08. The van der Waals surface area contributed by atoms with Crippen LogP contribution in [0.1, 0.15) is 19.8 Å². The van der Waals surface area contributed by atoms with Crippen molar-refractivity contribution in [3.05, 3.63) is 23.3 Å². The number of nitrogens with two attached hydrogens (primary N) is 1. The van der Waals surface area contributed by atoms with Crippen LogP contribution in [0.25, 0.3) is 0 Å². The number of rotatable bonds is 6. The number of primary amides is 1. The van der Waals surface area contributed by atoms with E-state index in [0.29, 0.717) is 0 Å². The van der Waals surface area contributed by atoms with Crippen LogP contribution in [0.15, 0.2) is 23.3 Å². The molecule has 108 valence electrons. The lowest BCUT2D eigenvalue weighted by Gasteiger charge is -2.12. The van der Waals surface area contributed by atoms with Gasteiger partial charge in [-0.3, -0.25) is 14.4 Å². The van der Waals surface area contributed by atoms with Gasteiger partial charge in [0.2, 0.25) is 0 Å².